The van der Waals surface area contributed by atoms with Crippen molar-refractivity contribution in [3.05, 3.63) is 45.1 Å². The highest BCUT2D eigenvalue weighted by atomic mass is 79.9. The third-order valence-corrected chi connectivity index (χ3v) is 5.20. The van der Waals surface area contributed by atoms with Gasteiger partial charge in [0.15, 0.2) is 0 Å². The summed E-state index contributed by atoms with van der Waals surface area (Å²) in [6.07, 6.45) is 1.25. The molecule has 0 saturated heterocycles. The van der Waals surface area contributed by atoms with Gasteiger partial charge >= 0.3 is 5.97 Å². The van der Waals surface area contributed by atoms with Gasteiger partial charge in [0.25, 0.3) is 10.0 Å². The predicted molar refractivity (Wildman–Crippen MR) is 85.0 cm³/mol. The number of nitrogens with one attached hydrogen (secondary N) is 1. The standard InChI is InChI=1S/C12H10Br2N2O4S/c1-16-6-8(5-11(16)12(17)18)21(19,20)15-10-4-7(13)2-3-9(10)14/h2-6,15H,1H3,(H,17,18). The lowest BCUT2D eigenvalue weighted by Crippen LogP contribution is -2.12. The molecule has 0 amide bonds. The van der Waals surface area contributed by atoms with Gasteiger partial charge in [0.05, 0.1) is 5.69 Å². The van der Waals surface area contributed by atoms with Gasteiger partial charge in [-0.3, -0.25) is 4.72 Å². The van der Waals surface area contributed by atoms with Gasteiger partial charge in [-0.15, -0.1) is 0 Å². The molecule has 21 heavy (non-hydrogen) atoms. The van der Waals surface area contributed by atoms with Crippen LogP contribution in [0.1, 0.15) is 10.5 Å². The fraction of sp³-hybridized carbons (Fsp3) is 0.0833. The smallest absolute Gasteiger partial charge is 0.352 e. The maximum atomic E-state index is 12.3. The van der Waals surface area contributed by atoms with Crippen LogP contribution >= 0.6 is 31.9 Å². The molecule has 0 aliphatic heterocycles. The van der Waals surface area contributed by atoms with E-state index in [0.717, 1.165) is 6.07 Å². The zero-order chi connectivity index (χ0) is 15.8. The van der Waals surface area contributed by atoms with Crippen LogP contribution < -0.4 is 4.72 Å². The molecule has 1 aromatic carbocycles. The third-order valence-electron chi connectivity index (χ3n) is 2.68. The van der Waals surface area contributed by atoms with E-state index in [9.17, 15) is 13.2 Å². The summed E-state index contributed by atoms with van der Waals surface area (Å²) in [5, 5.41) is 8.97. The van der Waals surface area contributed by atoms with E-state index in [1.165, 1.54) is 17.8 Å². The van der Waals surface area contributed by atoms with Crippen molar-refractivity contribution < 1.29 is 18.3 Å². The number of carboxylic acids is 1. The first-order chi connectivity index (χ1) is 9.70. The Morgan fingerprint density at radius 2 is 1.95 bits per heavy atom. The normalized spacial score (nSPS) is 11.4. The van der Waals surface area contributed by atoms with Gasteiger partial charge in [-0.25, -0.2) is 13.2 Å². The molecule has 0 fully saturated rings. The van der Waals surface area contributed by atoms with E-state index >= 15 is 0 Å². The molecule has 6 nitrogen and oxygen atoms in total. The first-order valence-electron chi connectivity index (χ1n) is 5.58. The van der Waals surface area contributed by atoms with Gasteiger partial charge in [0, 0.05) is 22.2 Å². The highest BCUT2D eigenvalue weighted by molar-refractivity contribution is 9.11. The zero-order valence-corrected chi connectivity index (χ0v) is 14.7. The molecule has 0 aliphatic carbocycles. The number of benzene rings is 1. The van der Waals surface area contributed by atoms with E-state index in [-0.39, 0.29) is 10.6 Å². The molecule has 0 atom stereocenters. The summed E-state index contributed by atoms with van der Waals surface area (Å²) >= 11 is 6.51. The van der Waals surface area contributed by atoms with Gasteiger partial charge in [-0.1, -0.05) is 15.9 Å². The highest BCUT2D eigenvalue weighted by Crippen LogP contribution is 2.28. The van der Waals surface area contributed by atoms with Crippen LogP contribution in [0.3, 0.4) is 0 Å². The Morgan fingerprint density at radius 1 is 1.29 bits per heavy atom. The molecule has 1 heterocycles. The molecule has 9 heteroatoms. The average Bonchev–Trinajstić information content (AvgIpc) is 2.77. The lowest BCUT2D eigenvalue weighted by molar-refractivity contribution is 0.0686. The molecule has 2 N–H and O–H groups in total. The van der Waals surface area contributed by atoms with Crippen LogP contribution in [0.25, 0.3) is 0 Å². The van der Waals surface area contributed by atoms with Crippen molar-refractivity contribution in [3.63, 3.8) is 0 Å². The number of nitrogens with zero attached hydrogens (tertiary/aromatic N) is 1. The molecule has 112 valence electrons. The Bertz CT molecular complexity index is 815. The molecule has 0 saturated carbocycles. The topological polar surface area (TPSA) is 88.4 Å². The second-order valence-corrected chi connectivity index (χ2v) is 7.66. The summed E-state index contributed by atoms with van der Waals surface area (Å²) in [7, 11) is -2.40. The molecular formula is C12H10Br2N2O4S. The number of hydrogen-bond acceptors (Lipinski definition) is 3. The van der Waals surface area contributed by atoms with Gasteiger partial charge in [-0.2, -0.15) is 0 Å². The molecule has 1 aromatic heterocycles. The fourth-order valence-corrected chi connectivity index (χ4v) is 3.65. The number of aryl methyl sites for hydroxylation is 1. The zero-order valence-electron chi connectivity index (χ0n) is 10.7. The molecule has 0 radical (unpaired) electrons. The Balaban J connectivity index is 2.41. The Labute approximate surface area is 138 Å². The van der Waals surface area contributed by atoms with Crippen molar-refractivity contribution in [1.29, 1.82) is 0 Å². The summed E-state index contributed by atoms with van der Waals surface area (Å²) in [6, 6.07) is 6.15. The second-order valence-electron chi connectivity index (χ2n) is 4.21. The number of rotatable bonds is 4. The average molecular weight is 438 g/mol. The number of aromatic carboxylic acids is 1. The van der Waals surface area contributed by atoms with Gasteiger partial charge < -0.3 is 9.67 Å². The van der Waals surface area contributed by atoms with E-state index in [4.69, 9.17) is 5.11 Å². The molecule has 0 bridgehead atoms. The summed E-state index contributed by atoms with van der Waals surface area (Å²) in [6.45, 7) is 0. The highest BCUT2D eigenvalue weighted by Gasteiger charge is 2.21. The van der Waals surface area contributed by atoms with Crippen molar-refractivity contribution in [2.24, 2.45) is 7.05 Å². The fourth-order valence-electron chi connectivity index (χ4n) is 1.67. The van der Waals surface area contributed by atoms with E-state index in [1.54, 1.807) is 18.2 Å². The van der Waals surface area contributed by atoms with Crippen molar-refractivity contribution in [2.75, 3.05) is 4.72 Å². The number of carbonyl (C=O) groups is 1. The van der Waals surface area contributed by atoms with Crippen LogP contribution in [0, 0.1) is 0 Å². The van der Waals surface area contributed by atoms with E-state index < -0.39 is 16.0 Å². The Kier molecular flexibility index (Phi) is 4.45. The van der Waals surface area contributed by atoms with Crippen molar-refractivity contribution >= 4 is 53.5 Å². The summed E-state index contributed by atoms with van der Waals surface area (Å²) in [4.78, 5) is 10.9. The lowest BCUT2D eigenvalue weighted by Gasteiger charge is -2.08. The van der Waals surface area contributed by atoms with Crippen LogP contribution in [0.15, 0.2) is 44.3 Å². The molecular weight excluding hydrogens is 428 g/mol. The minimum absolute atomic E-state index is 0.108. The number of aromatic nitrogens is 1. The first-order valence-corrected chi connectivity index (χ1v) is 8.65. The number of sulfonamides is 1. The monoisotopic (exact) mass is 436 g/mol. The molecule has 2 aromatic rings. The maximum Gasteiger partial charge on any atom is 0.352 e. The van der Waals surface area contributed by atoms with E-state index in [2.05, 4.69) is 36.6 Å². The summed E-state index contributed by atoms with van der Waals surface area (Å²) in [5.41, 5.74) is 0.244. The predicted octanol–water partition coefficient (Wildman–Crippen LogP) is 3.05. The van der Waals surface area contributed by atoms with Crippen molar-refractivity contribution in [3.8, 4) is 0 Å². The number of anilines is 1. The van der Waals surface area contributed by atoms with E-state index in [0.29, 0.717) is 14.6 Å². The summed E-state index contributed by atoms with van der Waals surface area (Å²) in [5.74, 6) is -1.19. The van der Waals surface area contributed by atoms with Crippen LogP contribution in [-0.4, -0.2) is 24.1 Å². The quantitative estimate of drug-likeness (QED) is 0.769. The Hall–Kier alpha value is -1.32. The molecule has 0 unspecified atom stereocenters. The number of hydrogen-bond donors (Lipinski definition) is 2. The molecule has 0 spiro atoms. The number of halogens is 2. The molecule has 2 rings (SSSR count). The van der Waals surface area contributed by atoms with Gasteiger partial charge in [-0.05, 0) is 40.2 Å². The third kappa shape index (κ3) is 3.47. The largest absolute Gasteiger partial charge is 0.477 e. The van der Waals surface area contributed by atoms with Crippen LogP contribution in [0.2, 0.25) is 0 Å². The summed E-state index contributed by atoms with van der Waals surface area (Å²) < 4.78 is 29.5. The number of carboxylic acid groups (broad SMARTS) is 1. The minimum atomic E-state index is -3.87. The lowest BCUT2D eigenvalue weighted by atomic mass is 10.3. The van der Waals surface area contributed by atoms with Crippen LogP contribution in [0.5, 0.6) is 0 Å². The minimum Gasteiger partial charge on any atom is -0.477 e. The van der Waals surface area contributed by atoms with Crippen molar-refractivity contribution in [2.45, 2.75) is 4.90 Å². The van der Waals surface area contributed by atoms with Crippen molar-refractivity contribution in [1.82, 2.24) is 4.57 Å². The molecule has 0 aliphatic rings. The van der Waals surface area contributed by atoms with E-state index in [1.807, 2.05) is 0 Å². The first kappa shape index (κ1) is 16.1. The maximum absolute atomic E-state index is 12.3. The SMILES string of the molecule is Cn1cc(S(=O)(=O)Nc2cc(Br)ccc2Br)cc1C(=O)O. The second kappa shape index (κ2) is 5.82. The van der Waals surface area contributed by atoms with Crippen LogP contribution in [0.4, 0.5) is 5.69 Å². The Morgan fingerprint density at radius 3 is 2.52 bits per heavy atom. The van der Waals surface area contributed by atoms with Gasteiger partial charge in [0.1, 0.15) is 10.6 Å². The van der Waals surface area contributed by atoms with Crippen LogP contribution in [-0.2, 0) is 17.1 Å². The van der Waals surface area contributed by atoms with Gasteiger partial charge in [0.2, 0.25) is 0 Å².